The van der Waals surface area contributed by atoms with Crippen LogP contribution in [0, 0.1) is 5.92 Å². The maximum atomic E-state index is 9.28. The number of hydrogen-bond donors (Lipinski definition) is 3. The molecule has 1 aliphatic carbocycles. The van der Waals surface area contributed by atoms with Crippen molar-refractivity contribution < 1.29 is 10.3 Å². The fourth-order valence-electron chi connectivity index (χ4n) is 2.28. The SMILES string of the molecule is CN(CC1CC(O)C1)c1cccnc1/C(N)=N/O. The van der Waals surface area contributed by atoms with Gasteiger partial charge in [-0.05, 0) is 30.9 Å². The summed E-state index contributed by atoms with van der Waals surface area (Å²) in [5.41, 5.74) is 6.91. The Kier molecular flexibility index (Phi) is 3.66. The van der Waals surface area contributed by atoms with Gasteiger partial charge in [-0.2, -0.15) is 0 Å². The second kappa shape index (κ2) is 5.22. The van der Waals surface area contributed by atoms with E-state index in [2.05, 4.69) is 10.1 Å². The van der Waals surface area contributed by atoms with E-state index in [0.717, 1.165) is 25.1 Å². The van der Waals surface area contributed by atoms with Crippen LogP contribution in [-0.4, -0.2) is 40.8 Å². The summed E-state index contributed by atoms with van der Waals surface area (Å²) in [5.74, 6) is 0.497. The number of rotatable bonds is 4. The normalized spacial score (nSPS) is 23.6. The highest BCUT2D eigenvalue weighted by molar-refractivity contribution is 6.00. The fraction of sp³-hybridized carbons (Fsp3) is 0.500. The first kappa shape index (κ1) is 12.6. The minimum atomic E-state index is -0.152. The minimum absolute atomic E-state index is 0.00564. The van der Waals surface area contributed by atoms with Crippen LogP contribution in [0.5, 0.6) is 0 Å². The molecule has 0 radical (unpaired) electrons. The first-order chi connectivity index (χ1) is 8.61. The quantitative estimate of drug-likeness (QED) is 0.311. The van der Waals surface area contributed by atoms with Crippen molar-refractivity contribution in [2.24, 2.45) is 16.8 Å². The zero-order valence-corrected chi connectivity index (χ0v) is 10.3. The van der Waals surface area contributed by atoms with Crippen molar-refractivity contribution >= 4 is 11.5 Å². The fourth-order valence-corrected chi connectivity index (χ4v) is 2.28. The van der Waals surface area contributed by atoms with Crippen LogP contribution < -0.4 is 10.6 Å². The predicted molar refractivity (Wildman–Crippen MR) is 68.7 cm³/mol. The summed E-state index contributed by atoms with van der Waals surface area (Å²) >= 11 is 0. The van der Waals surface area contributed by atoms with Crippen LogP contribution in [0.25, 0.3) is 0 Å². The van der Waals surface area contributed by atoms with Gasteiger partial charge in [-0.25, -0.2) is 0 Å². The van der Waals surface area contributed by atoms with Crippen LogP contribution in [0.15, 0.2) is 23.5 Å². The van der Waals surface area contributed by atoms with Crippen LogP contribution in [0.1, 0.15) is 18.5 Å². The molecule has 1 aliphatic rings. The molecule has 1 saturated carbocycles. The highest BCUT2D eigenvalue weighted by Gasteiger charge is 2.28. The van der Waals surface area contributed by atoms with E-state index in [1.807, 2.05) is 24.1 Å². The zero-order valence-electron chi connectivity index (χ0n) is 10.3. The summed E-state index contributed by atoms with van der Waals surface area (Å²) in [5, 5.41) is 21.0. The highest BCUT2D eigenvalue weighted by Crippen LogP contribution is 2.29. The summed E-state index contributed by atoms with van der Waals surface area (Å²) in [6.07, 6.45) is 3.13. The number of aliphatic hydroxyl groups excluding tert-OH is 1. The van der Waals surface area contributed by atoms with Gasteiger partial charge in [0.2, 0.25) is 0 Å². The molecule has 0 atom stereocenters. The lowest BCUT2D eigenvalue weighted by molar-refractivity contribution is 0.0465. The molecular formula is C12H18N4O2. The molecule has 0 unspecified atom stereocenters. The van der Waals surface area contributed by atoms with E-state index in [1.165, 1.54) is 0 Å². The van der Waals surface area contributed by atoms with Crippen LogP contribution in [0.2, 0.25) is 0 Å². The van der Waals surface area contributed by atoms with Gasteiger partial charge in [-0.1, -0.05) is 5.16 Å². The Labute approximate surface area is 106 Å². The number of nitrogens with zero attached hydrogens (tertiary/aromatic N) is 3. The van der Waals surface area contributed by atoms with Crippen LogP contribution >= 0.6 is 0 Å². The number of aliphatic hydroxyl groups is 1. The molecule has 0 amide bonds. The molecule has 1 heterocycles. The lowest BCUT2D eigenvalue weighted by Crippen LogP contribution is -2.37. The lowest BCUT2D eigenvalue weighted by atomic mass is 9.82. The van der Waals surface area contributed by atoms with E-state index < -0.39 is 0 Å². The van der Waals surface area contributed by atoms with E-state index >= 15 is 0 Å². The number of aromatic nitrogens is 1. The number of oxime groups is 1. The minimum Gasteiger partial charge on any atom is -0.409 e. The second-order valence-electron chi connectivity index (χ2n) is 4.73. The highest BCUT2D eigenvalue weighted by atomic mass is 16.4. The van der Waals surface area contributed by atoms with E-state index in [4.69, 9.17) is 10.9 Å². The maximum Gasteiger partial charge on any atom is 0.190 e. The molecule has 0 saturated heterocycles. The van der Waals surface area contributed by atoms with Gasteiger partial charge in [0.05, 0.1) is 11.8 Å². The van der Waals surface area contributed by atoms with E-state index in [0.29, 0.717) is 11.6 Å². The van der Waals surface area contributed by atoms with Crippen LogP contribution in [0.4, 0.5) is 5.69 Å². The number of hydrogen-bond acceptors (Lipinski definition) is 5. The van der Waals surface area contributed by atoms with Gasteiger partial charge in [0.25, 0.3) is 0 Å². The molecule has 2 rings (SSSR count). The van der Waals surface area contributed by atoms with E-state index in [-0.39, 0.29) is 11.9 Å². The molecule has 6 nitrogen and oxygen atoms in total. The van der Waals surface area contributed by atoms with Gasteiger partial charge in [0, 0.05) is 19.8 Å². The summed E-state index contributed by atoms with van der Waals surface area (Å²) < 4.78 is 0. The third-order valence-corrected chi connectivity index (χ3v) is 3.29. The Morgan fingerprint density at radius 2 is 2.33 bits per heavy atom. The number of pyridine rings is 1. The molecule has 0 aromatic carbocycles. The molecule has 1 fully saturated rings. The van der Waals surface area contributed by atoms with Gasteiger partial charge < -0.3 is 20.9 Å². The van der Waals surface area contributed by atoms with Crippen LogP contribution in [0.3, 0.4) is 0 Å². The van der Waals surface area contributed by atoms with Crippen LogP contribution in [-0.2, 0) is 0 Å². The average Bonchev–Trinajstić information content (AvgIpc) is 2.36. The van der Waals surface area contributed by atoms with Crippen molar-refractivity contribution in [2.75, 3.05) is 18.5 Å². The number of anilines is 1. The van der Waals surface area contributed by atoms with Crippen molar-refractivity contribution in [3.8, 4) is 0 Å². The Balaban J connectivity index is 2.12. The zero-order chi connectivity index (χ0) is 13.1. The summed E-state index contributed by atoms with van der Waals surface area (Å²) in [6.45, 7) is 0.828. The molecule has 0 bridgehead atoms. The van der Waals surface area contributed by atoms with Gasteiger partial charge in [-0.3, -0.25) is 4.98 Å². The number of amidine groups is 1. The van der Waals surface area contributed by atoms with E-state index in [1.54, 1.807) is 6.20 Å². The maximum absolute atomic E-state index is 9.28. The molecule has 1 aromatic rings. The van der Waals surface area contributed by atoms with E-state index in [9.17, 15) is 5.11 Å². The molecule has 0 spiro atoms. The molecule has 18 heavy (non-hydrogen) atoms. The lowest BCUT2D eigenvalue weighted by Gasteiger charge is -2.35. The topological polar surface area (TPSA) is 95.0 Å². The Morgan fingerprint density at radius 1 is 1.61 bits per heavy atom. The second-order valence-corrected chi connectivity index (χ2v) is 4.73. The molecular weight excluding hydrogens is 232 g/mol. The monoisotopic (exact) mass is 250 g/mol. The third-order valence-electron chi connectivity index (χ3n) is 3.29. The summed E-state index contributed by atoms with van der Waals surface area (Å²) in [4.78, 5) is 6.15. The third kappa shape index (κ3) is 2.53. The van der Waals surface area contributed by atoms with Gasteiger partial charge in [0.15, 0.2) is 5.84 Å². The Bertz CT molecular complexity index is 443. The average molecular weight is 250 g/mol. The summed E-state index contributed by atoms with van der Waals surface area (Å²) in [6, 6.07) is 3.70. The van der Waals surface area contributed by atoms with Crippen molar-refractivity contribution in [1.29, 1.82) is 0 Å². The Morgan fingerprint density at radius 3 is 2.94 bits per heavy atom. The summed E-state index contributed by atoms with van der Waals surface area (Å²) in [7, 11) is 1.94. The predicted octanol–water partition coefficient (Wildman–Crippen LogP) is 0.383. The smallest absolute Gasteiger partial charge is 0.190 e. The molecule has 6 heteroatoms. The van der Waals surface area contributed by atoms with Crippen molar-refractivity contribution in [3.63, 3.8) is 0 Å². The standard InChI is InChI=1S/C12H18N4O2/c1-16(7-8-5-9(17)6-8)10-3-2-4-14-11(10)12(13)15-18/h2-4,8-9,17-18H,5-7H2,1H3,(H2,13,15). The van der Waals surface area contributed by atoms with Crippen molar-refractivity contribution in [3.05, 3.63) is 24.0 Å². The molecule has 0 aliphatic heterocycles. The van der Waals surface area contributed by atoms with Crippen molar-refractivity contribution in [1.82, 2.24) is 4.98 Å². The molecule has 4 N–H and O–H groups in total. The van der Waals surface area contributed by atoms with Gasteiger partial charge in [0.1, 0.15) is 5.69 Å². The largest absolute Gasteiger partial charge is 0.409 e. The van der Waals surface area contributed by atoms with Gasteiger partial charge in [-0.15, -0.1) is 0 Å². The molecule has 1 aromatic heterocycles. The first-order valence-electron chi connectivity index (χ1n) is 5.94. The Hall–Kier alpha value is -1.82. The van der Waals surface area contributed by atoms with Gasteiger partial charge >= 0.3 is 0 Å². The van der Waals surface area contributed by atoms with Crippen molar-refractivity contribution in [2.45, 2.75) is 18.9 Å². The number of nitrogens with two attached hydrogens (primary N) is 1. The molecule has 98 valence electrons. The first-order valence-corrected chi connectivity index (χ1v) is 5.94.